The number of aliphatic hydroxyl groups excluding tert-OH is 1. The molecule has 2 aromatic rings. The Bertz CT molecular complexity index is 625. The Morgan fingerprint density at radius 3 is 2.90 bits per heavy atom. The van der Waals surface area contributed by atoms with Crippen LogP contribution >= 0.6 is 0 Å². The van der Waals surface area contributed by atoms with Crippen LogP contribution in [-0.4, -0.2) is 45.4 Å². The molecule has 1 heterocycles. The maximum Gasteiger partial charge on any atom is 0.274 e. The van der Waals surface area contributed by atoms with Crippen molar-refractivity contribution in [2.24, 2.45) is 0 Å². The van der Waals surface area contributed by atoms with Gasteiger partial charge in [0.25, 0.3) is 5.91 Å². The first kappa shape index (κ1) is 15.2. The van der Waals surface area contributed by atoms with E-state index >= 15 is 0 Å². The lowest BCUT2D eigenvalue weighted by Gasteiger charge is -2.16. The number of rotatable bonds is 5. The fourth-order valence-electron chi connectivity index (χ4n) is 1.88. The summed E-state index contributed by atoms with van der Waals surface area (Å²) in [6.07, 6.45) is 1.67. The second-order valence-electron chi connectivity index (χ2n) is 4.99. The molecule has 1 atom stereocenters. The molecule has 112 valence electrons. The molecule has 0 radical (unpaired) electrons. The van der Waals surface area contributed by atoms with Crippen LogP contribution in [0.5, 0.6) is 0 Å². The summed E-state index contributed by atoms with van der Waals surface area (Å²) in [5, 5.41) is 13.4. The largest absolute Gasteiger partial charge is 0.393 e. The zero-order valence-electron chi connectivity index (χ0n) is 12.0. The highest BCUT2D eigenvalue weighted by Crippen LogP contribution is 2.10. The molecule has 6 heteroatoms. The minimum Gasteiger partial charge on any atom is -0.393 e. The molecule has 0 aliphatic rings. The highest BCUT2D eigenvalue weighted by molar-refractivity contribution is 5.92. The number of hydrogen-bond acceptors (Lipinski definition) is 3. The number of benzene rings is 1. The van der Waals surface area contributed by atoms with Crippen LogP contribution in [0.25, 0.3) is 5.69 Å². The van der Waals surface area contributed by atoms with Crippen molar-refractivity contribution < 1.29 is 14.3 Å². The number of carbonyl (C=O) groups excluding carboxylic acids is 1. The van der Waals surface area contributed by atoms with Crippen molar-refractivity contribution in [1.29, 1.82) is 0 Å². The van der Waals surface area contributed by atoms with Crippen LogP contribution < -0.4 is 0 Å². The second-order valence-corrected chi connectivity index (χ2v) is 4.99. The Kier molecular flexibility index (Phi) is 4.70. The van der Waals surface area contributed by atoms with Gasteiger partial charge in [-0.3, -0.25) is 4.79 Å². The van der Waals surface area contributed by atoms with Crippen molar-refractivity contribution in [3.05, 3.63) is 48.0 Å². The molecule has 21 heavy (non-hydrogen) atoms. The van der Waals surface area contributed by atoms with Crippen LogP contribution in [0, 0.1) is 5.82 Å². The van der Waals surface area contributed by atoms with Crippen molar-refractivity contribution in [2.45, 2.75) is 19.4 Å². The molecule has 0 bridgehead atoms. The van der Waals surface area contributed by atoms with Crippen LogP contribution in [0.3, 0.4) is 0 Å². The quantitative estimate of drug-likeness (QED) is 0.914. The Morgan fingerprint density at radius 2 is 2.24 bits per heavy atom. The maximum atomic E-state index is 13.2. The second kappa shape index (κ2) is 6.49. The average molecular weight is 291 g/mol. The number of nitrogens with zero attached hydrogens (tertiary/aromatic N) is 3. The Hall–Kier alpha value is -2.21. The van der Waals surface area contributed by atoms with Crippen LogP contribution in [0.2, 0.25) is 0 Å². The van der Waals surface area contributed by atoms with E-state index in [4.69, 9.17) is 0 Å². The summed E-state index contributed by atoms with van der Waals surface area (Å²) >= 11 is 0. The topological polar surface area (TPSA) is 58.4 Å². The van der Waals surface area contributed by atoms with Crippen molar-refractivity contribution in [2.75, 3.05) is 13.6 Å². The van der Waals surface area contributed by atoms with E-state index < -0.39 is 6.10 Å². The summed E-state index contributed by atoms with van der Waals surface area (Å²) in [6.45, 7) is 2.13. The highest BCUT2D eigenvalue weighted by atomic mass is 19.1. The molecule has 1 amide bonds. The van der Waals surface area contributed by atoms with E-state index in [1.807, 2.05) is 0 Å². The molecule has 0 aliphatic heterocycles. The number of aromatic nitrogens is 2. The van der Waals surface area contributed by atoms with Crippen molar-refractivity contribution >= 4 is 5.91 Å². The average Bonchev–Trinajstić information content (AvgIpc) is 2.93. The van der Waals surface area contributed by atoms with Gasteiger partial charge in [-0.15, -0.1) is 0 Å². The first-order valence-electron chi connectivity index (χ1n) is 6.72. The van der Waals surface area contributed by atoms with Gasteiger partial charge in [-0.2, -0.15) is 5.10 Å². The van der Waals surface area contributed by atoms with E-state index in [1.54, 1.807) is 38.4 Å². The van der Waals surface area contributed by atoms with E-state index in [9.17, 15) is 14.3 Å². The first-order valence-corrected chi connectivity index (χ1v) is 6.72. The third-order valence-corrected chi connectivity index (χ3v) is 3.11. The summed E-state index contributed by atoms with van der Waals surface area (Å²) in [6, 6.07) is 7.58. The predicted molar refractivity (Wildman–Crippen MR) is 76.8 cm³/mol. The minimum absolute atomic E-state index is 0.231. The third kappa shape index (κ3) is 3.88. The highest BCUT2D eigenvalue weighted by Gasteiger charge is 2.15. The standard InChI is InChI=1S/C15H18FN3O2/c1-11(20)6-8-18(2)15(21)14-7-9-19(17-14)13-5-3-4-12(16)10-13/h3-5,7,9-11,20H,6,8H2,1-2H3. The Morgan fingerprint density at radius 1 is 1.48 bits per heavy atom. The fraction of sp³-hybridized carbons (Fsp3) is 0.333. The third-order valence-electron chi connectivity index (χ3n) is 3.11. The van der Waals surface area contributed by atoms with Crippen molar-refractivity contribution in [3.63, 3.8) is 0 Å². The molecular weight excluding hydrogens is 273 g/mol. The number of halogens is 1. The lowest BCUT2D eigenvalue weighted by Crippen LogP contribution is -2.29. The molecule has 2 rings (SSSR count). The van der Waals surface area contributed by atoms with Gasteiger partial charge < -0.3 is 10.0 Å². The molecule has 5 nitrogen and oxygen atoms in total. The number of amides is 1. The van der Waals surface area contributed by atoms with Gasteiger partial charge in [-0.1, -0.05) is 6.07 Å². The molecule has 0 saturated heterocycles. The van der Waals surface area contributed by atoms with E-state index in [0.717, 1.165) is 0 Å². The van der Waals surface area contributed by atoms with E-state index in [-0.39, 0.29) is 17.4 Å². The number of carbonyl (C=O) groups is 1. The van der Waals surface area contributed by atoms with Gasteiger partial charge >= 0.3 is 0 Å². The molecule has 0 saturated carbocycles. The van der Waals surface area contributed by atoms with E-state index in [1.165, 1.54) is 21.7 Å². The maximum absolute atomic E-state index is 13.2. The zero-order valence-corrected chi connectivity index (χ0v) is 12.0. The molecule has 1 unspecified atom stereocenters. The molecule has 1 N–H and O–H groups in total. The first-order chi connectivity index (χ1) is 9.97. The van der Waals surface area contributed by atoms with Gasteiger partial charge in [-0.05, 0) is 37.6 Å². The zero-order chi connectivity index (χ0) is 15.4. The summed E-state index contributed by atoms with van der Waals surface area (Å²) in [5.41, 5.74) is 0.841. The molecule has 1 aromatic carbocycles. The molecule has 0 aliphatic carbocycles. The van der Waals surface area contributed by atoms with E-state index in [0.29, 0.717) is 18.7 Å². The minimum atomic E-state index is -0.454. The SMILES string of the molecule is CC(O)CCN(C)C(=O)c1ccn(-c2cccc(F)c2)n1. The monoisotopic (exact) mass is 291 g/mol. The number of hydrogen-bond donors (Lipinski definition) is 1. The van der Waals surface area contributed by atoms with Gasteiger partial charge in [-0.25, -0.2) is 9.07 Å². The summed E-state index contributed by atoms with van der Waals surface area (Å²) in [7, 11) is 1.66. The van der Waals surface area contributed by atoms with Gasteiger partial charge in [0, 0.05) is 19.8 Å². The van der Waals surface area contributed by atoms with Crippen molar-refractivity contribution in [1.82, 2.24) is 14.7 Å². The van der Waals surface area contributed by atoms with Crippen LogP contribution in [0.4, 0.5) is 4.39 Å². The molecule has 0 spiro atoms. The van der Waals surface area contributed by atoms with Gasteiger partial charge in [0.2, 0.25) is 0 Å². The predicted octanol–water partition coefficient (Wildman–Crippen LogP) is 1.85. The van der Waals surface area contributed by atoms with Crippen LogP contribution in [0.1, 0.15) is 23.8 Å². The molecule has 0 fully saturated rings. The van der Waals surface area contributed by atoms with Crippen LogP contribution in [-0.2, 0) is 0 Å². The Balaban J connectivity index is 2.10. The number of aliphatic hydroxyl groups is 1. The summed E-state index contributed by atoms with van der Waals surface area (Å²) < 4.78 is 14.6. The van der Waals surface area contributed by atoms with Crippen molar-refractivity contribution in [3.8, 4) is 5.69 Å². The molecular formula is C15H18FN3O2. The fourth-order valence-corrected chi connectivity index (χ4v) is 1.88. The smallest absolute Gasteiger partial charge is 0.274 e. The summed E-state index contributed by atoms with van der Waals surface area (Å²) in [5.74, 6) is -0.587. The molecule has 1 aromatic heterocycles. The lowest BCUT2D eigenvalue weighted by atomic mass is 10.2. The van der Waals surface area contributed by atoms with Crippen LogP contribution in [0.15, 0.2) is 36.5 Å². The van der Waals surface area contributed by atoms with Gasteiger partial charge in [0.05, 0.1) is 11.8 Å². The summed E-state index contributed by atoms with van der Waals surface area (Å²) in [4.78, 5) is 13.7. The lowest BCUT2D eigenvalue weighted by molar-refractivity contribution is 0.0763. The van der Waals surface area contributed by atoms with Gasteiger partial charge in [0.15, 0.2) is 5.69 Å². The normalized spacial score (nSPS) is 12.2. The Labute approximate surface area is 122 Å². The van der Waals surface area contributed by atoms with Gasteiger partial charge in [0.1, 0.15) is 5.82 Å². The van der Waals surface area contributed by atoms with E-state index in [2.05, 4.69) is 5.10 Å².